The second-order valence-electron chi connectivity index (χ2n) is 4.34. The second-order valence-corrected chi connectivity index (χ2v) is 6.28. The van der Waals surface area contributed by atoms with Crippen molar-refractivity contribution in [2.45, 2.75) is 38.8 Å². The van der Waals surface area contributed by atoms with Gasteiger partial charge in [-0.15, -0.1) is 0 Å². The molecule has 1 saturated heterocycles. The van der Waals surface area contributed by atoms with E-state index in [0.717, 1.165) is 6.42 Å². The number of nitrogens with zero attached hydrogens (tertiary/aromatic N) is 2. The van der Waals surface area contributed by atoms with Gasteiger partial charge >= 0.3 is 0 Å². The van der Waals surface area contributed by atoms with Crippen LogP contribution in [0.25, 0.3) is 0 Å². The van der Waals surface area contributed by atoms with Gasteiger partial charge in [0.2, 0.25) is 0 Å². The predicted molar refractivity (Wildman–Crippen MR) is 63.5 cm³/mol. The lowest BCUT2D eigenvalue weighted by Crippen LogP contribution is -2.50. The average molecular weight is 248 g/mol. The van der Waals surface area contributed by atoms with Crippen molar-refractivity contribution in [1.82, 2.24) is 8.61 Å². The summed E-state index contributed by atoms with van der Waals surface area (Å²) in [5, 5.41) is 7.40. The van der Waals surface area contributed by atoms with Crippen molar-refractivity contribution in [3.8, 4) is 0 Å². The van der Waals surface area contributed by atoms with Crippen LogP contribution in [0.3, 0.4) is 0 Å². The van der Waals surface area contributed by atoms with E-state index < -0.39 is 16.3 Å². The predicted octanol–water partition coefficient (Wildman–Crippen LogP) is -0.0282. The van der Waals surface area contributed by atoms with E-state index in [1.54, 1.807) is 7.05 Å². The lowest BCUT2D eigenvalue weighted by molar-refractivity contribution is 0.346. The molecule has 0 bridgehead atoms. The average Bonchev–Trinajstić information content (AvgIpc) is 2.65. The quantitative estimate of drug-likeness (QED) is 0.541. The molecule has 6 nitrogen and oxygen atoms in total. The van der Waals surface area contributed by atoms with Crippen molar-refractivity contribution in [1.29, 1.82) is 5.41 Å². The molecule has 0 aromatic rings. The Morgan fingerprint density at radius 1 is 1.56 bits per heavy atom. The summed E-state index contributed by atoms with van der Waals surface area (Å²) in [7, 11) is -1.94. The highest BCUT2D eigenvalue weighted by molar-refractivity contribution is 7.86. The number of hydrogen-bond acceptors (Lipinski definition) is 3. The van der Waals surface area contributed by atoms with E-state index in [9.17, 15) is 8.42 Å². The highest BCUT2D eigenvalue weighted by Gasteiger charge is 2.38. The molecule has 1 rings (SSSR count). The SMILES string of the molecule is CC(C)N(C)S(=O)(=O)N1CCCC1C(=N)N. The third-order valence-electron chi connectivity index (χ3n) is 2.95. The Morgan fingerprint density at radius 3 is 2.56 bits per heavy atom. The summed E-state index contributed by atoms with van der Waals surface area (Å²) in [6.07, 6.45) is 1.40. The molecule has 1 aliphatic rings. The summed E-state index contributed by atoms with van der Waals surface area (Å²) >= 11 is 0. The van der Waals surface area contributed by atoms with Gasteiger partial charge in [0, 0.05) is 19.6 Å². The van der Waals surface area contributed by atoms with Crippen molar-refractivity contribution in [3.63, 3.8) is 0 Å². The maximum atomic E-state index is 12.2. The number of nitrogens with two attached hydrogens (primary N) is 1. The van der Waals surface area contributed by atoms with Crippen molar-refractivity contribution in [3.05, 3.63) is 0 Å². The largest absolute Gasteiger partial charge is 0.386 e. The Balaban J connectivity index is 2.95. The zero-order valence-corrected chi connectivity index (χ0v) is 10.8. The fraction of sp³-hybridized carbons (Fsp3) is 0.889. The molecule has 0 amide bonds. The summed E-state index contributed by atoms with van der Waals surface area (Å²) in [5.41, 5.74) is 5.42. The fourth-order valence-corrected chi connectivity index (χ4v) is 3.52. The van der Waals surface area contributed by atoms with Crippen LogP contribution in [-0.4, -0.2) is 48.5 Å². The molecule has 0 saturated carbocycles. The van der Waals surface area contributed by atoms with E-state index in [1.165, 1.54) is 8.61 Å². The summed E-state index contributed by atoms with van der Waals surface area (Å²) in [4.78, 5) is 0. The Bertz CT molecular complexity index is 366. The maximum absolute atomic E-state index is 12.2. The van der Waals surface area contributed by atoms with E-state index in [2.05, 4.69) is 0 Å². The molecule has 3 N–H and O–H groups in total. The molecule has 0 aliphatic carbocycles. The molecule has 1 fully saturated rings. The van der Waals surface area contributed by atoms with Gasteiger partial charge in [0.05, 0.1) is 6.04 Å². The van der Waals surface area contributed by atoms with E-state index in [0.29, 0.717) is 13.0 Å². The summed E-state index contributed by atoms with van der Waals surface area (Å²) in [6, 6.07) is -0.565. The first kappa shape index (κ1) is 13.4. The molecule has 16 heavy (non-hydrogen) atoms. The van der Waals surface area contributed by atoms with Gasteiger partial charge in [-0.1, -0.05) is 0 Å². The molecular formula is C9H20N4O2S. The molecule has 1 heterocycles. The lowest BCUT2D eigenvalue weighted by atomic mass is 10.2. The van der Waals surface area contributed by atoms with Crippen LogP contribution in [0.1, 0.15) is 26.7 Å². The van der Waals surface area contributed by atoms with Gasteiger partial charge in [-0.2, -0.15) is 17.0 Å². The third kappa shape index (κ3) is 2.36. The molecule has 0 aromatic heterocycles. The number of amidine groups is 1. The highest BCUT2D eigenvalue weighted by Crippen LogP contribution is 2.23. The van der Waals surface area contributed by atoms with Crippen molar-refractivity contribution in [2.24, 2.45) is 5.73 Å². The van der Waals surface area contributed by atoms with E-state index in [1.807, 2.05) is 13.8 Å². The van der Waals surface area contributed by atoms with E-state index in [4.69, 9.17) is 11.1 Å². The second kappa shape index (κ2) is 4.68. The smallest absolute Gasteiger partial charge is 0.282 e. The van der Waals surface area contributed by atoms with Crippen LogP contribution in [-0.2, 0) is 10.2 Å². The summed E-state index contributed by atoms with van der Waals surface area (Å²) in [6.45, 7) is 4.08. The first-order valence-corrected chi connectivity index (χ1v) is 6.77. The molecule has 1 aliphatic heterocycles. The molecule has 94 valence electrons. The first-order valence-electron chi connectivity index (χ1n) is 5.37. The van der Waals surface area contributed by atoms with Gasteiger partial charge < -0.3 is 5.73 Å². The van der Waals surface area contributed by atoms with Gasteiger partial charge in [0.15, 0.2) is 0 Å². The zero-order valence-electron chi connectivity index (χ0n) is 9.97. The van der Waals surface area contributed by atoms with Crippen LogP contribution in [0.2, 0.25) is 0 Å². The van der Waals surface area contributed by atoms with Crippen LogP contribution < -0.4 is 5.73 Å². The molecule has 1 atom stereocenters. The minimum absolute atomic E-state index is 0.0711. The van der Waals surface area contributed by atoms with Crippen LogP contribution >= 0.6 is 0 Å². The molecule has 1 unspecified atom stereocenters. The van der Waals surface area contributed by atoms with Gasteiger partial charge in [0.1, 0.15) is 5.84 Å². The Hall–Kier alpha value is -0.660. The number of rotatable bonds is 4. The summed E-state index contributed by atoms with van der Waals surface area (Å²) in [5.74, 6) is -0.0711. The van der Waals surface area contributed by atoms with Gasteiger partial charge in [0.25, 0.3) is 10.2 Å². The monoisotopic (exact) mass is 248 g/mol. The third-order valence-corrected chi connectivity index (χ3v) is 5.13. The number of hydrogen-bond donors (Lipinski definition) is 2. The summed E-state index contributed by atoms with van der Waals surface area (Å²) < 4.78 is 27.0. The standard InChI is InChI=1S/C9H20N4O2S/c1-7(2)12(3)16(14,15)13-6-4-5-8(13)9(10)11/h7-8H,4-6H2,1-3H3,(H3,10,11). The zero-order chi connectivity index (χ0) is 12.5. The molecule has 0 spiro atoms. The van der Waals surface area contributed by atoms with E-state index >= 15 is 0 Å². The molecule has 7 heteroatoms. The van der Waals surface area contributed by atoms with Gasteiger partial charge in [-0.05, 0) is 26.7 Å². The van der Waals surface area contributed by atoms with Crippen molar-refractivity contribution in [2.75, 3.05) is 13.6 Å². The maximum Gasteiger partial charge on any atom is 0.282 e. The van der Waals surface area contributed by atoms with E-state index in [-0.39, 0.29) is 11.9 Å². The van der Waals surface area contributed by atoms with Crippen molar-refractivity contribution < 1.29 is 8.42 Å². The molecule has 0 aromatic carbocycles. The lowest BCUT2D eigenvalue weighted by Gasteiger charge is -2.30. The van der Waals surface area contributed by atoms with Crippen LogP contribution in [0.4, 0.5) is 0 Å². The Morgan fingerprint density at radius 2 is 2.12 bits per heavy atom. The number of nitrogens with one attached hydrogen (secondary N) is 1. The van der Waals surface area contributed by atoms with Crippen LogP contribution in [0.15, 0.2) is 0 Å². The Labute approximate surface area is 97.1 Å². The normalized spacial score (nSPS) is 23.2. The minimum Gasteiger partial charge on any atom is -0.386 e. The topological polar surface area (TPSA) is 90.5 Å². The van der Waals surface area contributed by atoms with Crippen molar-refractivity contribution >= 4 is 16.0 Å². The van der Waals surface area contributed by atoms with Crippen LogP contribution in [0, 0.1) is 5.41 Å². The molecule has 0 radical (unpaired) electrons. The Kier molecular flexibility index (Phi) is 3.92. The first-order chi connectivity index (χ1) is 7.28. The molecular weight excluding hydrogens is 228 g/mol. The van der Waals surface area contributed by atoms with Gasteiger partial charge in [-0.3, -0.25) is 5.41 Å². The fourth-order valence-electron chi connectivity index (χ4n) is 1.76. The van der Waals surface area contributed by atoms with Gasteiger partial charge in [-0.25, -0.2) is 0 Å². The van der Waals surface area contributed by atoms with Crippen LogP contribution in [0.5, 0.6) is 0 Å². The highest BCUT2D eigenvalue weighted by atomic mass is 32.2. The minimum atomic E-state index is -3.49.